The highest BCUT2D eigenvalue weighted by Crippen LogP contribution is 2.22. The molecule has 0 bridgehead atoms. The second-order valence-corrected chi connectivity index (χ2v) is 7.07. The minimum absolute atomic E-state index is 0.280. The van der Waals surface area contributed by atoms with Crippen LogP contribution in [0.5, 0.6) is 0 Å². The average Bonchev–Trinajstić information content (AvgIpc) is 3.45. The van der Waals surface area contributed by atoms with Gasteiger partial charge < -0.3 is 25.3 Å². The van der Waals surface area contributed by atoms with Crippen molar-refractivity contribution in [1.29, 1.82) is 0 Å². The number of hydrogen-bond donors (Lipinski definition) is 4. The van der Waals surface area contributed by atoms with Crippen molar-refractivity contribution in [3.8, 4) is 11.4 Å². The number of H-pyrrole nitrogens is 1. The Labute approximate surface area is 178 Å². The lowest BCUT2D eigenvalue weighted by Gasteiger charge is -2.15. The van der Waals surface area contributed by atoms with E-state index in [2.05, 4.69) is 25.6 Å². The van der Waals surface area contributed by atoms with Gasteiger partial charge in [-0.15, -0.1) is 0 Å². The van der Waals surface area contributed by atoms with Crippen LogP contribution in [0.3, 0.4) is 0 Å². The van der Waals surface area contributed by atoms with Gasteiger partial charge in [-0.3, -0.25) is 4.79 Å². The first-order valence-electron chi connectivity index (χ1n) is 9.82. The van der Waals surface area contributed by atoms with Crippen molar-refractivity contribution in [2.24, 2.45) is 0 Å². The number of aromatic nitrogens is 4. The van der Waals surface area contributed by atoms with Crippen molar-refractivity contribution < 1.29 is 14.7 Å². The molecular formula is C22H22N6O3. The fraction of sp³-hybridized carbons (Fsp3) is 0.182. The van der Waals surface area contributed by atoms with E-state index in [1.165, 1.54) is 0 Å². The van der Waals surface area contributed by atoms with Crippen molar-refractivity contribution in [3.63, 3.8) is 0 Å². The first kappa shape index (κ1) is 20.1. The Bertz CT molecular complexity index is 1220. The van der Waals surface area contributed by atoms with Crippen LogP contribution in [0.2, 0.25) is 0 Å². The lowest BCUT2D eigenvalue weighted by Crippen LogP contribution is -2.41. The molecule has 0 aliphatic rings. The number of carboxylic acids is 1. The number of nitrogens with zero attached hydrogens (tertiary/aromatic N) is 3. The Balaban J connectivity index is 1.51. The smallest absolute Gasteiger partial charge is 0.326 e. The lowest BCUT2D eigenvalue weighted by atomic mass is 10.1. The van der Waals surface area contributed by atoms with E-state index in [-0.39, 0.29) is 6.42 Å². The molecule has 4 N–H and O–H groups in total. The Hall–Kier alpha value is -4.14. The van der Waals surface area contributed by atoms with Gasteiger partial charge in [0.1, 0.15) is 17.7 Å². The number of nitrogens with one attached hydrogen (secondary N) is 3. The molecule has 0 saturated carbocycles. The van der Waals surface area contributed by atoms with Crippen LogP contribution >= 0.6 is 0 Å². The monoisotopic (exact) mass is 418 g/mol. The van der Waals surface area contributed by atoms with Gasteiger partial charge in [-0.2, -0.15) is 0 Å². The molecule has 0 aliphatic carbocycles. The molecule has 0 fully saturated rings. The molecule has 0 saturated heterocycles. The van der Waals surface area contributed by atoms with E-state index in [0.717, 1.165) is 11.4 Å². The van der Waals surface area contributed by atoms with Crippen molar-refractivity contribution in [2.45, 2.75) is 19.0 Å². The Kier molecular flexibility index (Phi) is 5.65. The summed E-state index contributed by atoms with van der Waals surface area (Å²) in [5, 5.41) is 15.1. The highest BCUT2D eigenvalue weighted by molar-refractivity contribution is 5.99. The van der Waals surface area contributed by atoms with Crippen molar-refractivity contribution >= 4 is 28.7 Å². The van der Waals surface area contributed by atoms with E-state index in [9.17, 15) is 14.7 Å². The number of imidazole rings is 1. The van der Waals surface area contributed by atoms with Gasteiger partial charge in [0, 0.05) is 43.3 Å². The molecule has 0 aliphatic heterocycles. The van der Waals surface area contributed by atoms with E-state index in [1.807, 2.05) is 41.2 Å². The van der Waals surface area contributed by atoms with Gasteiger partial charge in [0.25, 0.3) is 5.91 Å². The quantitative estimate of drug-likeness (QED) is 0.349. The van der Waals surface area contributed by atoms with Crippen LogP contribution in [-0.2, 0) is 11.3 Å². The number of amides is 1. The zero-order valence-electron chi connectivity index (χ0n) is 16.9. The molecule has 3 aromatic heterocycles. The van der Waals surface area contributed by atoms with E-state index in [0.29, 0.717) is 29.0 Å². The summed E-state index contributed by atoms with van der Waals surface area (Å²) < 4.78 is 1.87. The molecule has 158 valence electrons. The Morgan fingerprint density at radius 2 is 2.00 bits per heavy atom. The topological polar surface area (TPSA) is 125 Å². The zero-order valence-corrected chi connectivity index (χ0v) is 16.9. The first-order valence-corrected chi connectivity index (χ1v) is 9.82. The summed E-state index contributed by atoms with van der Waals surface area (Å²) in [6, 6.07) is 11.5. The third-order valence-corrected chi connectivity index (χ3v) is 4.98. The maximum absolute atomic E-state index is 12.7. The van der Waals surface area contributed by atoms with Crippen molar-refractivity contribution in [2.75, 3.05) is 12.4 Å². The number of hydrogen-bond acceptors (Lipinski definition) is 5. The molecule has 9 nitrogen and oxygen atoms in total. The molecule has 0 radical (unpaired) electrons. The van der Waals surface area contributed by atoms with Crippen LogP contribution in [-0.4, -0.2) is 49.6 Å². The molecule has 1 aromatic carbocycles. The maximum Gasteiger partial charge on any atom is 0.326 e. The molecule has 9 heteroatoms. The molecule has 1 atom stereocenters. The summed E-state index contributed by atoms with van der Waals surface area (Å²) in [6.07, 6.45) is 5.68. The van der Waals surface area contributed by atoms with Crippen LogP contribution in [0.15, 0.2) is 61.1 Å². The second kappa shape index (κ2) is 8.70. The number of rotatable bonds is 8. The fourth-order valence-corrected chi connectivity index (χ4v) is 3.30. The number of aliphatic carboxylic acids is 1. The van der Waals surface area contributed by atoms with Crippen LogP contribution in [0.25, 0.3) is 22.4 Å². The number of carboxylic acid groups (broad SMARTS) is 1. The summed E-state index contributed by atoms with van der Waals surface area (Å²) in [5.74, 6) is -0.137. The largest absolute Gasteiger partial charge is 0.480 e. The van der Waals surface area contributed by atoms with Crippen molar-refractivity contribution in [1.82, 2.24) is 24.8 Å². The van der Waals surface area contributed by atoms with Gasteiger partial charge in [-0.05, 0) is 48.9 Å². The van der Waals surface area contributed by atoms with Gasteiger partial charge in [-0.1, -0.05) is 0 Å². The molecule has 1 amide bonds. The number of aromatic amines is 1. The predicted octanol–water partition coefficient (Wildman–Crippen LogP) is 2.74. The number of carbonyl (C=O) groups is 2. The normalized spacial score (nSPS) is 11.9. The number of benzene rings is 1. The highest BCUT2D eigenvalue weighted by atomic mass is 16.4. The lowest BCUT2D eigenvalue weighted by molar-refractivity contribution is -0.139. The van der Waals surface area contributed by atoms with E-state index >= 15 is 0 Å². The number of pyridine rings is 1. The molecule has 0 spiro atoms. The van der Waals surface area contributed by atoms with Gasteiger partial charge in [0.2, 0.25) is 0 Å². The van der Waals surface area contributed by atoms with Gasteiger partial charge in [0.05, 0.1) is 11.0 Å². The number of anilines is 1. The Morgan fingerprint density at radius 3 is 2.74 bits per heavy atom. The average molecular weight is 418 g/mol. The first-order chi connectivity index (χ1) is 15.0. The summed E-state index contributed by atoms with van der Waals surface area (Å²) in [4.78, 5) is 36.3. The summed E-state index contributed by atoms with van der Waals surface area (Å²) in [6.45, 7) is 0.494. The fourth-order valence-electron chi connectivity index (χ4n) is 3.30. The van der Waals surface area contributed by atoms with Gasteiger partial charge in [-0.25, -0.2) is 14.8 Å². The molecular weight excluding hydrogens is 396 g/mol. The highest BCUT2D eigenvalue weighted by Gasteiger charge is 2.21. The molecule has 31 heavy (non-hydrogen) atoms. The van der Waals surface area contributed by atoms with Crippen LogP contribution in [0, 0.1) is 0 Å². The van der Waals surface area contributed by atoms with Crippen LogP contribution in [0.4, 0.5) is 5.82 Å². The van der Waals surface area contributed by atoms with E-state index in [1.54, 1.807) is 31.4 Å². The number of carbonyl (C=O) groups excluding carboxylic acids is 1. The van der Waals surface area contributed by atoms with Crippen molar-refractivity contribution in [3.05, 3.63) is 66.6 Å². The zero-order chi connectivity index (χ0) is 21.8. The SMILES string of the molecule is CNc1cc(-c2nc3ccc(C(=O)NC(CCn4cccc4)C(=O)O)cc3[nH]2)ccn1. The van der Waals surface area contributed by atoms with Crippen LogP contribution < -0.4 is 10.6 Å². The van der Waals surface area contributed by atoms with Crippen LogP contribution in [0.1, 0.15) is 16.8 Å². The van der Waals surface area contributed by atoms with E-state index < -0.39 is 17.9 Å². The third-order valence-electron chi connectivity index (χ3n) is 4.98. The standard InChI is InChI=1S/C22H22N6O3/c1-23-19-13-14(6-8-24-19)20-25-16-5-4-15(12-18(16)26-20)21(29)27-17(22(30)31)7-11-28-9-2-3-10-28/h2-6,8-10,12-13,17H,7,11H2,1H3,(H,23,24)(H,25,26)(H,27,29)(H,30,31). The summed E-state index contributed by atoms with van der Waals surface area (Å²) in [5.41, 5.74) is 2.61. The summed E-state index contributed by atoms with van der Waals surface area (Å²) >= 11 is 0. The maximum atomic E-state index is 12.7. The molecule has 4 rings (SSSR count). The van der Waals surface area contributed by atoms with Gasteiger partial charge in [0.15, 0.2) is 0 Å². The molecule has 4 aromatic rings. The number of fused-ring (bicyclic) bond motifs is 1. The number of aryl methyl sites for hydroxylation is 1. The Morgan fingerprint density at radius 1 is 1.19 bits per heavy atom. The minimum Gasteiger partial charge on any atom is -0.480 e. The van der Waals surface area contributed by atoms with E-state index in [4.69, 9.17) is 0 Å². The molecule has 3 heterocycles. The summed E-state index contributed by atoms with van der Waals surface area (Å²) in [7, 11) is 1.79. The molecule has 1 unspecified atom stereocenters. The minimum atomic E-state index is -1.07. The second-order valence-electron chi connectivity index (χ2n) is 7.07. The predicted molar refractivity (Wildman–Crippen MR) is 117 cm³/mol. The van der Waals surface area contributed by atoms with Gasteiger partial charge >= 0.3 is 5.97 Å². The third kappa shape index (κ3) is 4.55.